The Hall–Kier alpha value is -0.246. The molecular weight excluding hydrogens is 267 g/mol. The Labute approximate surface area is 113 Å². The normalized spacial score (nSPS) is 23.8. The van der Waals surface area contributed by atoms with Crippen molar-refractivity contribution in [1.82, 2.24) is 4.98 Å². The van der Waals surface area contributed by atoms with Crippen molar-refractivity contribution >= 4 is 11.1 Å². The van der Waals surface area contributed by atoms with Crippen molar-refractivity contribution < 1.29 is 42.2 Å². The number of para-hydroxylation sites is 1. The van der Waals surface area contributed by atoms with Gasteiger partial charge < -0.3 is 14.5 Å². The van der Waals surface area contributed by atoms with Crippen LogP contribution in [0.2, 0.25) is 0 Å². The molecule has 1 heterocycles. The molecule has 1 fully saturated rings. The van der Waals surface area contributed by atoms with Crippen molar-refractivity contribution in [2.75, 3.05) is 6.61 Å². The Kier molecular flexibility index (Phi) is 3.24. The van der Waals surface area contributed by atoms with E-state index in [1.165, 1.54) is 0 Å². The van der Waals surface area contributed by atoms with Crippen LogP contribution in [0.15, 0.2) is 22.6 Å². The first-order valence-corrected chi connectivity index (χ1v) is 4.76. The molecule has 1 aromatic heterocycles. The van der Waals surface area contributed by atoms with Gasteiger partial charge in [0, 0.05) is 6.61 Å². The predicted molar refractivity (Wildman–Crippen MR) is 50.8 cm³/mol. The molecule has 1 aliphatic rings. The van der Waals surface area contributed by atoms with Gasteiger partial charge in [0.1, 0.15) is 6.39 Å². The van der Waals surface area contributed by atoms with Gasteiger partial charge in [0.05, 0.1) is 0 Å². The van der Waals surface area contributed by atoms with Crippen molar-refractivity contribution in [3.8, 4) is 0 Å². The van der Waals surface area contributed by atoms with E-state index in [2.05, 4.69) is 11.4 Å². The van der Waals surface area contributed by atoms with E-state index < -0.39 is 0 Å². The van der Waals surface area contributed by atoms with Gasteiger partial charge in [-0.3, -0.25) is 0 Å². The van der Waals surface area contributed by atoms with Gasteiger partial charge in [-0.2, -0.15) is 0 Å². The van der Waals surface area contributed by atoms with E-state index in [0.717, 1.165) is 23.1 Å². The van der Waals surface area contributed by atoms with Gasteiger partial charge in [-0.05, 0) is 29.4 Å². The largest absolute Gasteiger partial charge is 3.00 e. The number of fused-ring (bicyclic) bond motifs is 1. The van der Waals surface area contributed by atoms with Crippen LogP contribution in [0, 0.1) is 12.3 Å². The number of rotatable bonds is 2. The summed E-state index contributed by atoms with van der Waals surface area (Å²) >= 11 is 0. The summed E-state index contributed by atoms with van der Waals surface area (Å²) in [7, 11) is 0. The second-order valence-corrected chi connectivity index (χ2v) is 3.79. The summed E-state index contributed by atoms with van der Waals surface area (Å²) in [6.07, 6.45) is 3.56. The Bertz CT molecular complexity index is 468. The van der Waals surface area contributed by atoms with E-state index in [9.17, 15) is 0 Å². The number of benzene rings is 1. The van der Waals surface area contributed by atoms with Crippen LogP contribution in [0.1, 0.15) is 17.9 Å². The summed E-state index contributed by atoms with van der Waals surface area (Å²) in [4.78, 5) is 3.99. The van der Waals surface area contributed by atoms with Crippen molar-refractivity contribution in [3.63, 3.8) is 0 Å². The number of hydrogen-bond donors (Lipinski definition) is 1. The standard InChI is InChI=1S/C11H10NO2.Y/c13-5-7-4-9(7)8-2-1-3-10-11(8)14-6-12-10;/h1-3,7,9,13H,4-5H2;/q-1;+3. The monoisotopic (exact) mass is 277 g/mol. The summed E-state index contributed by atoms with van der Waals surface area (Å²) in [6, 6.07) is 5.93. The van der Waals surface area contributed by atoms with Crippen LogP contribution < -0.4 is 0 Å². The summed E-state index contributed by atoms with van der Waals surface area (Å²) < 4.78 is 5.23. The van der Waals surface area contributed by atoms with Gasteiger partial charge in [-0.15, -0.1) is 6.07 Å². The molecule has 0 aliphatic heterocycles. The molecule has 0 bridgehead atoms. The maximum Gasteiger partial charge on any atom is 3.00 e. The Morgan fingerprint density at radius 3 is 3.13 bits per heavy atom. The first-order valence-electron chi connectivity index (χ1n) is 4.76. The summed E-state index contributed by atoms with van der Waals surface area (Å²) in [5, 5.41) is 9.01. The first-order chi connectivity index (χ1) is 6.90. The van der Waals surface area contributed by atoms with Crippen molar-refractivity contribution in [1.29, 1.82) is 0 Å². The van der Waals surface area contributed by atoms with E-state index in [1.54, 1.807) is 0 Å². The van der Waals surface area contributed by atoms with Crippen LogP contribution in [0.3, 0.4) is 0 Å². The Balaban J connectivity index is 0.000000853. The van der Waals surface area contributed by atoms with Gasteiger partial charge in [-0.1, -0.05) is 17.7 Å². The number of nitrogens with zero attached hydrogens (tertiary/aromatic N) is 1. The minimum atomic E-state index is 0. The topological polar surface area (TPSA) is 46.3 Å². The smallest absolute Gasteiger partial charge is 0.573 e. The number of aromatic nitrogens is 1. The van der Waals surface area contributed by atoms with E-state index in [-0.39, 0.29) is 39.3 Å². The van der Waals surface area contributed by atoms with Gasteiger partial charge >= 0.3 is 32.7 Å². The molecular formula is C11H10NO2Y+2. The molecule has 0 amide bonds. The first kappa shape index (κ1) is 11.2. The summed E-state index contributed by atoms with van der Waals surface area (Å²) in [5.41, 5.74) is 2.84. The molecule has 1 aromatic carbocycles. The van der Waals surface area contributed by atoms with Crippen LogP contribution >= 0.6 is 0 Å². The fraction of sp³-hybridized carbons (Fsp3) is 0.364. The maximum atomic E-state index is 9.01. The molecule has 0 saturated heterocycles. The second kappa shape index (κ2) is 4.32. The van der Waals surface area contributed by atoms with Crippen molar-refractivity contribution in [2.45, 2.75) is 12.3 Å². The summed E-state index contributed by atoms with van der Waals surface area (Å²) in [5.74, 6) is 0.857. The molecule has 15 heavy (non-hydrogen) atoms. The van der Waals surface area contributed by atoms with E-state index in [4.69, 9.17) is 9.52 Å². The minimum Gasteiger partial charge on any atom is -0.573 e. The Morgan fingerprint density at radius 2 is 2.40 bits per heavy atom. The van der Waals surface area contributed by atoms with E-state index in [0.29, 0.717) is 11.8 Å². The molecule has 3 nitrogen and oxygen atoms in total. The molecule has 2 unspecified atom stereocenters. The molecule has 1 saturated carbocycles. The van der Waals surface area contributed by atoms with E-state index in [1.807, 2.05) is 18.2 Å². The van der Waals surface area contributed by atoms with Gasteiger partial charge in [0.2, 0.25) is 0 Å². The van der Waals surface area contributed by atoms with Crippen LogP contribution in [0.5, 0.6) is 0 Å². The van der Waals surface area contributed by atoms with Crippen molar-refractivity contribution in [3.05, 3.63) is 30.2 Å². The average Bonchev–Trinajstić information content (AvgIpc) is 2.85. The number of hydrogen-bond acceptors (Lipinski definition) is 3. The molecule has 72 valence electrons. The Morgan fingerprint density at radius 1 is 1.53 bits per heavy atom. The maximum absolute atomic E-state index is 9.01. The van der Waals surface area contributed by atoms with Gasteiger partial charge in [0.15, 0.2) is 0 Å². The van der Waals surface area contributed by atoms with Crippen LogP contribution in [0.4, 0.5) is 0 Å². The summed E-state index contributed by atoms with van der Waals surface area (Å²) in [6.45, 7) is 0.263. The minimum absolute atomic E-state index is 0. The van der Waals surface area contributed by atoms with Crippen LogP contribution in [-0.4, -0.2) is 16.7 Å². The zero-order valence-corrected chi connectivity index (χ0v) is 11.0. The SMILES string of the molecule is OCC1CC1c1cccc2n[c-]oc12.[Y+3]. The fourth-order valence-electron chi connectivity index (χ4n) is 1.98. The molecule has 3 rings (SSSR count). The molecule has 0 radical (unpaired) electrons. The predicted octanol–water partition coefficient (Wildman–Crippen LogP) is 1.72. The third-order valence-corrected chi connectivity index (χ3v) is 2.90. The van der Waals surface area contributed by atoms with Gasteiger partial charge in [0.25, 0.3) is 0 Å². The average molecular weight is 277 g/mol. The zero-order chi connectivity index (χ0) is 9.54. The molecule has 1 N–H and O–H groups in total. The third kappa shape index (κ3) is 1.88. The van der Waals surface area contributed by atoms with Crippen LogP contribution in [0.25, 0.3) is 11.1 Å². The third-order valence-electron chi connectivity index (χ3n) is 2.90. The quantitative estimate of drug-likeness (QED) is 0.850. The molecule has 4 heteroatoms. The molecule has 0 spiro atoms. The van der Waals surface area contributed by atoms with Crippen LogP contribution in [-0.2, 0) is 32.7 Å². The number of oxazole rings is 1. The van der Waals surface area contributed by atoms with Gasteiger partial charge in [-0.25, -0.2) is 0 Å². The second-order valence-electron chi connectivity index (χ2n) is 3.79. The molecule has 2 atom stereocenters. The number of aliphatic hydroxyl groups is 1. The molecule has 1 aliphatic carbocycles. The zero-order valence-electron chi connectivity index (χ0n) is 8.18. The number of aliphatic hydroxyl groups excluding tert-OH is 1. The fourth-order valence-corrected chi connectivity index (χ4v) is 1.98. The molecule has 2 aromatic rings. The van der Waals surface area contributed by atoms with Crippen molar-refractivity contribution in [2.24, 2.45) is 5.92 Å². The van der Waals surface area contributed by atoms with E-state index >= 15 is 0 Å².